The van der Waals surface area contributed by atoms with Gasteiger partial charge in [-0.3, -0.25) is 0 Å². The Hall–Kier alpha value is -1.31. The summed E-state index contributed by atoms with van der Waals surface area (Å²) in [5.41, 5.74) is 2.33. The van der Waals surface area contributed by atoms with Gasteiger partial charge < -0.3 is 4.57 Å². The van der Waals surface area contributed by atoms with Crippen LogP contribution in [-0.2, 0) is 6.54 Å². The van der Waals surface area contributed by atoms with Crippen LogP contribution in [0.1, 0.15) is 18.7 Å². The number of hydrogen-bond acceptors (Lipinski definition) is 1. The van der Waals surface area contributed by atoms with Crippen molar-refractivity contribution in [1.29, 1.82) is 0 Å². The van der Waals surface area contributed by atoms with Gasteiger partial charge in [0.25, 0.3) is 0 Å². The highest BCUT2D eigenvalue weighted by Gasteiger charge is 2.23. The van der Waals surface area contributed by atoms with E-state index in [0.717, 1.165) is 23.8 Å². The van der Waals surface area contributed by atoms with E-state index in [0.29, 0.717) is 0 Å². The zero-order valence-corrected chi connectivity index (χ0v) is 8.33. The third kappa shape index (κ3) is 1.22. The molecule has 1 heterocycles. The molecule has 2 heteroatoms. The molecule has 71 valence electrons. The van der Waals surface area contributed by atoms with Crippen molar-refractivity contribution in [2.75, 3.05) is 0 Å². The number of fused-ring (bicyclic) bond motifs is 1. The van der Waals surface area contributed by atoms with E-state index in [1.165, 1.54) is 18.4 Å². The second-order valence-corrected chi connectivity index (χ2v) is 4.13. The van der Waals surface area contributed by atoms with Crippen molar-refractivity contribution in [2.45, 2.75) is 26.3 Å². The average molecular weight is 185 g/mol. The van der Waals surface area contributed by atoms with Gasteiger partial charge >= 0.3 is 0 Å². The highest BCUT2D eigenvalue weighted by Crippen LogP contribution is 2.32. The molecule has 0 atom stereocenters. The second-order valence-electron chi connectivity index (χ2n) is 4.13. The first-order valence-electron chi connectivity index (χ1n) is 5.17. The van der Waals surface area contributed by atoms with Gasteiger partial charge in [-0.2, -0.15) is 0 Å². The van der Waals surface area contributed by atoms with Gasteiger partial charge in [0.1, 0.15) is 5.82 Å². The molecule has 1 aliphatic carbocycles. The van der Waals surface area contributed by atoms with Crippen LogP contribution in [0.15, 0.2) is 18.2 Å². The summed E-state index contributed by atoms with van der Waals surface area (Å²) < 4.78 is 2.33. The van der Waals surface area contributed by atoms with Crippen LogP contribution in [0.5, 0.6) is 0 Å². The molecule has 1 saturated carbocycles. The lowest BCUT2D eigenvalue weighted by atomic mass is 10.3. The number of imidazole rings is 1. The van der Waals surface area contributed by atoms with E-state index in [-0.39, 0.29) is 0 Å². The SMILES string of the molecule is Cc1nc2c[c]ccc2n1CC1CC1. The third-order valence-electron chi connectivity index (χ3n) is 2.92. The fraction of sp³-hybridized carbons (Fsp3) is 0.417. The second kappa shape index (κ2) is 2.84. The minimum absolute atomic E-state index is 0.898. The van der Waals surface area contributed by atoms with E-state index >= 15 is 0 Å². The van der Waals surface area contributed by atoms with Crippen LogP contribution in [0.3, 0.4) is 0 Å². The molecule has 2 nitrogen and oxygen atoms in total. The molecule has 0 N–H and O–H groups in total. The smallest absolute Gasteiger partial charge is 0.106 e. The topological polar surface area (TPSA) is 17.8 Å². The molecule has 2 aromatic rings. The van der Waals surface area contributed by atoms with E-state index < -0.39 is 0 Å². The maximum Gasteiger partial charge on any atom is 0.106 e. The minimum atomic E-state index is 0.898. The van der Waals surface area contributed by atoms with Crippen LogP contribution in [0.4, 0.5) is 0 Å². The Morgan fingerprint density at radius 1 is 1.57 bits per heavy atom. The summed E-state index contributed by atoms with van der Waals surface area (Å²) in [6.45, 7) is 3.23. The maximum atomic E-state index is 4.53. The number of benzene rings is 1. The monoisotopic (exact) mass is 185 g/mol. The zero-order valence-electron chi connectivity index (χ0n) is 8.33. The molecule has 14 heavy (non-hydrogen) atoms. The van der Waals surface area contributed by atoms with E-state index in [2.05, 4.69) is 28.6 Å². The first-order valence-corrected chi connectivity index (χ1v) is 5.17. The molecule has 0 aliphatic heterocycles. The number of aryl methyl sites for hydroxylation is 1. The summed E-state index contributed by atoms with van der Waals surface area (Å²) in [4.78, 5) is 4.53. The summed E-state index contributed by atoms with van der Waals surface area (Å²) in [5.74, 6) is 2.03. The fourth-order valence-corrected chi connectivity index (χ4v) is 1.93. The maximum absolute atomic E-state index is 4.53. The lowest BCUT2D eigenvalue weighted by Crippen LogP contribution is -2.01. The van der Waals surface area contributed by atoms with Gasteiger partial charge in [-0.1, -0.05) is 6.07 Å². The van der Waals surface area contributed by atoms with E-state index in [1.54, 1.807) is 0 Å². The van der Waals surface area contributed by atoms with Crippen molar-refractivity contribution < 1.29 is 0 Å². The molecule has 0 spiro atoms. The van der Waals surface area contributed by atoms with Crippen LogP contribution in [-0.4, -0.2) is 9.55 Å². The van der Waals surface area contributed by atoms with Crippen molar-refractivity contribution in [3.8, 4) is 0 Å². The highest BCUT2D eigenvalue weighted by atomic mass is 15.1. The summed E-state index contributed by atoms with van der Waals surface area (Å²) in [6.07, 6.45) is 2.77. The molecule has 3 rings (SSSR count). The standard InChI is InChI=1S/C12H13N2/c1-9-13-11-4-2-3-5-12(11)14(9)8-10-6-7-10/h3-5,10H,6-8H2,1H3. The van der Waals surface area contributed by atoms with Gasteiger partial charge in [0.15, 0.2) is 0 Å². The normalized spacial score (nSPS) is 16.4. The Bertz CT molecular complexity index is 466. The quantitative estimate of drug-likeness (QED) is 0.703. The van der Waals surface area contributed by atoms with Crippen LogP contribution in [0.2, 0.25) is 0 Å². The van der Waals surface area contributed by atoms with E-state index in [9.17, 15) is 0 Å². The molecule has 1 fully saturated rings. The molecule has 1 radical (unpaired) electrons. The number of rotatable bonds is 2. The van der Waals surface area contributed by atoms with Gasteiger partial charge in [0.05, 0.1) is 11.0 Å². The molecule has 0 amide bonds. The Balaban J connectivity index is 2.13. The Labute approximate surface area is 83.6 Å². The van der Waals surface area contributed by atoms with Crippen molar-refractivity contribution >= 4 is 11.0 Å². The van der Waals surface area contributed by atoms with Crippen molar-refractivity contribution in [3.63, 3.8) is 0 Å². The first kappa shape index (κ1) is 8.04. The highest BCUT2D eigenvalue weighted by molar-refractivity contribution is 5.75. The predicted octanol–water partition coefficient (Wildman–Crippen LogP) is 2.55. The summed E-state index contributed by atoms with van der Waals surface area (Å²) in [5, 5.41) is 0. The largest absolute Gasteiger partial charge is 0.328 e. The molecule has 1 aromatic carbocycles. The fourth-order valence-electron chi connectivity index (χ4n) is 1.93. The average Bonchev–Trinajstić information content (AvgIpc) is 2.93. The molecule has 0 unspecified atom stereocenters. The number of nitrogens with zero attached hydrogens (tertiary/aromatic N) is 2. The first-order chi connectivity index (χ1) is 6.84. The molecule has 0 saturated heterocycles. The van der Waals surface area contributed by atoms with E-state index in [4.69, 9.17) is 0 Å². The number of aromatic nitrogens is 2. The van der Waals surface area contributed by atoms with Crippen LogP contribution in [0, 0.1) is 18.9 Å². The zero-order chi connectivity index (χ0) is 9.54. The van der Waals surface area contributed by atoms with Crippen molar-refractivity contribution in [2.24, 2.45) is 5.92 Å². The van der Waals surface area contributed by atoms with Gasteiger partial charge in [-0.25, -0.2) is 4.98 Å². The molecule has 1 aliphatic rings. The third-order valence-corrected chi connectivity index (χ3v) is 2.92. The lowest BCUT2D eigenvalue weighted by molar-refractivity contribution is 0.626. The molecular formula is C12H13N2. The lowest BCUT2D eigenvalue weighted by Gasteiger charge is -2.04. The van der Waals surface area contributed by atoms with Crippen molar-refractivity contribution in [1.82, 2.24) is 9.55 Å². The van der Waals surface area contributed by atoms with Crippen LogP contribution >= 0.6 is 0 Å². The van der Waals surface area contributed by atoms with Gasteiger partial charge in [0.2, 0.25) is 0 Å². The summed E-state index contributed by atoms with van der Waals surface area (Å²) in [7, 11) is 0. The van der Waals surface area contributed by atoms with Crippen LogP contribution in [0.25, 0.3) is 11.0 Å². The van der Waals surface area contributed by atoms with Gasteiger partial charge in [0, 0.05) is 6.54 Å². The van der Waals surface area contributed by atoms with Crippen molar-refractivity contribution in [3.05, 3.63) is 30.1 Å². The Kier molecular flexibility index (Phi) is 1.63. The Morgan fingerprint density at radius 2 is 2.43 bits per heavy atom. The Morgan fingerprint density at radius 3 is 3.21 bits per heavy atom. The van der Waals surface area contributed by atoms with E-state index in [1.807, 2.05) is 12.1 Å². The number of hydrogen-bond donors (Lipinski definition) is 0. The molecular weight excluding hydrogens is 172 g/mol. The van der Waals surface area contributed by atoms with Crippen LogP contribution < -0.4 is 0 Å². The summed E-state index contributed by atoms with van der Waals surface area (Å²) in [6, 6.07) is 9.11. The molecule has 0 bridgehead atoms. The summed E-state index contributed by atoms with van der Waals surface area (Å²) >= 11 is 0. The minimum Gasteiger partial charge on any atom is -0.328 e. The predicted molar refractivity (Wildman–Crippen MR) is 56.0 cm³/mol. The molecule has 1 aromatic heterocycles. The van der Waals surface area contributed by atoms with Gasteiger partial charge in [-0.15, -0.1) is 0 Å². The van der Waals surface area contributed by atoms with Gasteiger partial charge in [-0.05, 0) is 43.9 Å².